The van der Waals surface area contributed by atoms with Gasteiger partial charge in [0.05, 0.1) is 0 Å². The molecule has 0 aliphatic carbocycles. The second-order valence-electron chi connectivity index (χ2n) is 5.41. The zero-order valence-corrected chi connectivity index (χ0v) is 14.3. The number of hydrogen-bond acceptors (Lipinski definition) is 4. The van der Waals surface area contributed by atoms with E-state index in [4.69, 9.17) is 4.42 Å². The highest BCUT2D eigenvalue weighted by atomic mass is 35.5. The van der Waals surface area contributed by atoms with E-state index in [9.17, 15) is 4.79 Å². The lowest BCUT2D eigenvalue weighted by Crippen LogP contribution is -2.30. The molecule has 7 heteroatoms. The first-order chi connectivity index (χ1) is 9.67. The second kappa shape index (κ2) is 7.81. The summed E-state index contributed by atoms with van der Waals surface area (Å²) in [7, 11) is 1.94. The molecule has 3 heterocycles. The zero-order valence-electron chi connectivity index (χ0n) is 12.7. The number of halogens is 2. The minimum atomic E-state index is -0.0285. The molecule has 1 saturated heterocycles. The molecule has 0 spiro atoms. The Kier molecular flexibility index (Phi) is 6.66. The Morgan fingerprint density at radius 1 is 1.45 bits per heavy atom. The molecular weight excluding hydrogens is 325 g/mol. The van der Waals surface area contributed by atoms with E-state index in [-0.39, 0.29) is 30.7 Å². The third-order valence-electron chi connectivity index (χ3n) is 3.79. The maximum atomic E-state index is 12.4. The van der Waals surface area contributed by atoms with Crippen LogP contribution in [0.15, 0.2) is 22.6 Å². The molecule has 22 heavy (non-hydrogen) atoms. The second-order valence-corrected chi connectivity index (χ2v) is 5.41. The Morgan fingerprint density at radius 3 is 2.95 bits per heavy atom. The number of carbonyl (C=O) groups excluding carboxylic acids is 1. The van der Waals surface area contributed by atoms with E-state index in [0.29, 0.717) is 17.3 Å². The van der Waals surface area contributed by atoms with Crippen molar-refractivity contribution in [2.45, 2.75) is 13.3 Å². The van der Waals surface area contributed by atoms with Gasteiger partial charge in [-0.25, -0.2) is 4.98 Å². The lowest BCUT2D eigenvalue weighted by atomic mass is 10.1. The molecule has 5 nitrogen and oxygen atoms in total. The van der Waals surface area contributed by atoms with Crippen LogP contribution in [-0.4, -0.2) is 42.5 Å². The fraction of sp³-hybridized carbons (Fsp3) is 0.467. The number of hydrogen-bond donors (Lipinski definition) is 1. The third-order valence-corrected chi connectivity index (χ3v) is 3.79. The van der Waals surface area contributed by atoms with Crippen LogP contribution < -0.4 is 5.32 Å². The molecule has 1 aliphatic rings. The number of carbonyl (C=O) groups is 1. The van der Waals surface area contributed by atoms with Gasteiger partial charge >= 0.3 is 0 Å². The summed E-state index contributed by atoms with van der Waals surface area (Å²) in [5.41, 5.74) is 2.34. The average Bonchev–Trinajstić information content (AvgIpc) is 3.04. The van der Waals surface area contributed by atoms with Gasteiger partial charge in [0.25, 0.3) is 5.91 Å². The summed E-state index contributed by atoms with van der Waals surface area (Å²) >= 11 is 0. The molecule has 1 atom stereocenters. The zero-order chi connectivity index (χ0) is 14.1. The summed E-state index contributed by atoms with van der Waals surface area (Å²) in [5.74, 6) is 0.899. The molecule has 1 amide bonds. The summed E-state index contributed by atoms with van der Waals surface area (Å²) in [5, 5.41) is 3.17. The summed E-state index contributed by atoms with van der Waals surface area (Å²) < 4.78 is 5.62. The number of furan rings is 1. The number of nitrogens with one attached hydrogen (secondary N) is 1. The van der Waals surface area contributed by atoms with Crippen molar-refractivity contribution in [3.63, 3.8) is 0 Å². The van der Waals surface area contributed by atoms with Gasteiger partial charge < -0.3 is 14.6 Å². The fourth-order valence-electron chi connectivity index (χ4n) is 2.76. The highest BCUT2D eigenvalue weighted by molar-refractivity contribution is 5.95. The van der Waals surface area contributed by atoms with Crippen LogP contribution >= 0.6 is 24.8 Å². The first-order valence-corrected chi connectivity index (χ1v) is 6.98. The number of aromatic nitrogens is 1. The minimum absolute atomic E-state index is 0. The van der Waals surface area contributed by atoms with Gasteiger partial charge in [-0.1, -0.05) is 0 Å². The number of pyridine rings is 1. The smallest absolute Gasteiger partial charge is 0.289 e. The van der Waals surface area contributed by atoms with Gasteiger partial charge in [-0.3, -0.25) is 4.79 Å². The standard InChI is InChI=1S/C15H19N3O2.2ClH/c1-10-3-4-13-12(17-10)7-14(20-13)15(19)18-6-5-11(9-18)8-16-2;;/h3-4,7,11,16H,5-6,8-9H2,1-2H3;2*1H. The van der Waals surface area contributed by atoms with E-state index in [1.165, 1.54) is 0 Å². The summed E-state index contributed by atoms with van der Waals surface area (Å²) in [6, 6.07) is 5.50. The van der Waals surface area contributed by atoms with Crippen molar-refractivity contribution in [3.05, 3.63) is 29.7 Å². The van der Waals surface area contributed by atoms with Crippen LogP contribution in [0.5, 0.6) is 0 Å². The first kappa shape index (κ1) is 18.7. The number of fused-ring (bicyclic) bond motifs is 1. The Morgan fingerprint density at radius 2 is 2.23 bits per heavy atom. The lowest BCUT2D eigenvalue weighted by Gasteiger charge is -2.14. The van der Waals surface area contributed by atoms with Crippen molar-refractivity contribution < 1.29 is 9.21 Å². The predicted molar refractivity (Wildman–Crippen MR) is 91.2 cm³/mol. The predicted octanol–water partition coefficient (Wildman–Crippen LogP) is 2.66. The number of nitrogens with zero attached hydrogens (tertiary/aromatic N) is 2. The van der Waals surface area contributed by atoms with Gasteiger partial charge in [0.1, 0.15) is 5.52 Å². The van der Waals surface area contributed by atoms with Gasteiger partial charge in [-0.05, 0) is 45.0 Å². The van der Waals surface area contributed by atoms with Crippen molar-refractivity contribution in [2.24, 2.45) is 5.92 Å². The fourth-order valence-corrected chi connectivity index (χ4v) is 2.76. The molecule has 0 aromatic carbocycles. The Bertz CT molecular complexity index is 645. The molecule has 2 aromatic heterocycles. The molecule has 0 radical (unpaired) electrons. The van der Waals surface area contributed by atoms with E-state index in [2.05, 4.69) is 10.3 Å². The number of likely N-dealkylation sites (tertiary alicyclic amines) is 1. The van der Waals surface area contributed by atoms with E-state index in [1.54, 1.807) is 6.07 Å². The minimum Gasteiger partial charge on any atom is -0.449 e. The lowest BCUT2D eigenvalue weighted by molar-refractivity contribution is 0.0758. The van der Waals surface area contributed by atoms with Gasteiger partial charge in [0.15, 0.2) is 11.3 Å². The maximum absolute atomic E-state index is 12.4. The topological polar surface area (TPSA) is 58.4 Å². The molecule has 1 unspecified atom stereocenters. The van der Waals surface area contributed by atoms with Crippen LogP contribution in [0.1, 0.15) is 22.7 Å². The van der Waals surface area contributed by atoms with Gasteiger partial charge in [0, 0.05) is 24.8 Å². The van der Waals surface area contributed by atoms with Gasteiger partial charge in [0.2, 0.25) is 0 Å². The molecule has 0 bridgehead atoms. The summed E-state index contributed by atoms with van der Waals surface area (Å²) in [6.45, 7) is 4.47. The third kappa shape index (κ3) is 3.72. The van der Waals surface area contributed by atoms with E-state index in [0.717, 1.165) is 37.3 Å². The molecule has 1 N–H and O–H groups in total. The summed E-state index contributed by atoms with van der Waals surface area (Å²) in [6.07, 6.45) is 1.05. The Labute approximate surface area is 142 Å². The molecule has 0 saturated carbocycles. The van der Waals surface area contributed by atoms with Crippen molar-refractivity contribution in [1.29, 1.82) is 0 Å². The van der Waals surface area contributed by atoms with Crippen molar-refractivity contribution in [2.75, 3.05) is 26.7 Å². The largest absolute Gasteiger partial charge is 0.449 e. The average molecular weight is 346 g/mol. The molecular formula is C15H21Cl2N3O2. The van der Waals surface area contributed by atoms with Crippen LogP contribution in [0.4, 0.5) is 0 Å². The van der Waals surface area contributed by atoms with Crippen LogP contribution in [0.25, 0.3) is 11.1 Å². The number of rotatable bonds is 3. The van der Waals surface area contributed by atoms with E-state index >= 15 is 0 Å². The monoisotopic (exact) mass is 345 g/mol. The molecule has 1 fully saturated rings. The van der Waals surface area contributed by atoms with Gasteiger partial charge in [-0.2, -0.15) is 0 Å². The molecule has 2 aromatic rings. The first-order valence-electron chi connectivity index (χ1n) is 6.98. The molecule has 122 valence electrons. The Balaban J connectivity index is 0.00000121. The number of amides is 1. The maximum Gasteiger partial charge on any atom is 0.289 e. The summed E-state index contributed by atoms with van der Waals surface area (Å²) in [4.78, 5) is 18.7. The molecule has 3 rings (SSSR count). The highest BCUT2D eigenvalue weighted by Crippen LogP contribution is 2.22. The van der Waals surface area contributed by atoms with Crippen molar-refractivity contribution >= 4 is 41.8 Å². The van der Waals surface area contributed by atoms with E-state index < -0.39 is 0 Å². The van der Waals surface area contributed by atoms with Crippen LogP contribution in [-0.2, 0) is 0 Å². The van der Waals surface area contributed by atoms with Crippen molar-refractivity contribution in [1.82, 2.24) is 15.2 Å². The van der Waals surface area contributed by atoms with Crippen LogP contribution in [0.2, 0.25) is 0 Å². The normalized spacial score (nSPS) is 17.2. The van der Waals surface area contributed by atoms with Crippen molar-refractivity contribution in [3.8, 4) is 0 Å². The Hall–Kier alpha value is -1.30. The highest BCUT2D eigenvalue weighted by Gasteiger charge is 2.28. The molecule has 1 aliphatic heterocycles. The quantitative estimate of drug-likeness (QED) is 0.928. The number of aryl methyl sites for hydroxylation is 1. The van der Waals surface area contributed by atoms with E-state index in [1.807, 2.05) is 31.0 Å². The van der Waals surface area contributed by atoms with Crippen LogP contribution in [0, 0.1) is 12.8 Å². The SMILES string of the molecule is CNCC1CCN(C(=O)c2cc3nc(C)ccc3o2)C1.Cl.Cl. The van der Waals surface area contributed by atoms with Gasteiger partial charge in [-0.15, -0.1) is 24.8 Å². The van der Waals surface area contributed by atoms with Crippen LogP contribution in [0.3, 0.4) is 0 Å².